The molecule has 2 atom stereocenters. The Morgan fingerprint density at radius 2 is 1.82 bits per heavy atom. The summed E-state index contributed by atoms with van der Waals surface area (Å²) in [6.45, 7) is 0. The highest BCUT2D eigenvalue weighted by Gasteiger charge is 2.57. The molecule has 0 spiro atoms. The van der Waals surface area contributed by atoms with E-state index in [0.29, 0.717) is 15.6 Å². The lowest BCUT2D eigenvalue weighted by Crippen LogP contribution is -2.53. The smallest absolute Gasteiger partial charge is 0.222 e. The lowest BCUT2D eigenvalue weighted by molar-refractivity contribution is -0.135. The molecule has 1 amide bonds. The minimum atomic E-state index is 0.322. The first kappa shape index (κ1) is 12.0. The van der Waals surface area contributed by atoms with Gasteiger partial charge in [-0.1, -0.05) is 15.9 Å². The average molecular weight is 300 g/mol. The number of rotatable bonds is 2. The highest BCUT2D eigenvalue weighted by atomic mass is 79.9. The third-order valence-electron chi connectivity index (χ3n) is 5.14. The van der Waals surface area contributed by atoms with Crippen molar-refractivity contribution in [3.63, 3.8) is 0 Å². The van der Waals surface area contributed by atoms with Crippen molar-refractivity contribution in [1.29, 1.82) is 0 Å². The normalized spacial score (nSPS) is 47.2. The van der Waals surface area contributed by atoms with Gasteiger partial charge in [-0.15, -0.1) is 0 Å². The fourth-order valence-corrected chi connectivity index (χ4v) is 6.53. The zero-order valence-electron chi connectivity index (χ0n) is 10.8. The van der Waals surface area contributed by atoms with Crippen LogP contribution in [0.2, 0.25) is 0 Å². The van der Waals surface area contributed by atoms with Crippen molar-refractivity contribution < 1.29 is 4.79 Å². The van der Waals surface area contributed by atoms with Crippen LogP contribution in [-0.4, -0.2) is 29.2 Å². The van der Waals surface area contributed by atoms with E-state index in [1.54, 1.807) is 4.90 Å². The van der Waals surface area contributed by atoms with Gasteiger partial charge in [0.05, 0.1) is 0 Å². The Labute approximate surface area is 112 Å². The molecule has 0 aromatic rings. The highest BCUT2D eigenvalue weighted by molar-refractivity contribution is 9.10. The summed E-state index contributed by atoms with van der Waals surface area (Å²) in [7, 11) is 3.76. The van der Waals surface area contributed by atoms with Crippen molar-refractivity contribution in [3.8, 4) is 0 Å². The Balaban J connectivity index is 1.81. The van der Waals surface area contributed by atoms with Crippen LogP contribution in [0.4, 0.5) is 0 Å². The van der Waals surface area contributed by atoms with Crippen molar-refractivity contribution in [2.75, 3.05) is 14.1 Å². The van der Waals surface area contributed by atoms with Crippen LogP contribution in [0.25, 0.3) is 0 Å². The molecule has 4 aliphatic rings. The summed E-state index contributed by atoms with van der Waals surface area (Å²) in [6, 6.07) is 0. The molecule has 0 aromatic heterocycles. The zero-order chi connectivity index (χ0) is 12.3. The first-order chi connectivity index (χ1) is 7.90. The van der Waals surface area contributed by atoms with E-state index in [4.69, 9.17) is 0 Å². The maximum Gasteiger partial charge on any atom is 0.222 e. The molecule has 4 aliphatic carbocycles. The summed E-state index contributed by atoms with van der Waals surface area (Å²) in [4.78, 5) is 13.8. The number of halogens is 1. The molecule has 2 nitrogen and oxygen atoms in total. The lowest BCUT2D eigenvalue weighted by Gasteiger charge is -2.60. The van der Waals surface area contributed by atoms with Crippen LogP contribution in [0.15, 0.2) is 0 Å². The first-order valence-electron chi connectivity index (χ1n) is 6.79. The molecule has 0 saturated heterocycles. The molecule has 4 bridgehead atoms. The maximum absolute atomic E-state index is 12.0. The third kappa shape index (κ3) is 2.05. The van der Waals surface area contributed by atoms with Crippen LogP contribution < -0.4 is 0 Å². The second-order valence-corrected chi connectivity index (χ2v) is 8.76. The van der Waals surface area contributed by atoms with Crippen molar-refractivity contribution in [1.82, 2.24) is 4.90 Å². The van der Waals surface area contributed by atoms with Gasteiger partial charge in [0.2, 0.25) is 5.91 Å². The number of carbonyl (C=O) groups is 1. The largest absolute Gasteiger partial charge is 0.349 e. The minimum Gasteiger partial charge on any atom is -0.349 e. The zero-order valence-corrected chi connectivity index (χ0v) is 12.4. The van der Waals surface area contributed by atoms with Gasteiger partial charge in [0.1, 0.15) is 0 Å². The van der Waals surface area contributed by atoms with Crippen molar-refractivity contribution in [2.45, 2.75) is 49.3 Å². The van der Waals surface area contributed by atoms with Gasteiger partial charge in [0, 0.05) is 24.8 Å². The number of alkyl halides is 1. The average Bonchev–Trinajstić information content (AvgIpc) is 2.11. The van der Waals surface area contributed by atoms with E-state index in [9.17, 15) is 4.79 Å². The molecule has 2 unspecified atom stereocenters. The van der Waals surface area contributed by atoms with Gasteiger partial charge in [0.15, 0.2) is 0 Å². The molecular weight excluding hydrogens is 278 g/mol. The molecule has 0 N–H and O–H groups in total. The van der Waals surface area contributed by atoms with E-state index >= 15 is 0 Å². The van der Waals surface area contributed by atoms with Crippen LogP contribution in [-0.2, 0) is 4.79 Å². The molecule has 0 heterocycles. The quantitative estimate of drug-likeness (QED) is 0.717. The predicted molar refractivity (Wildman–Crippen MR) is 72.1 cm³/mol. The SMILES string of the molecule is CN(C)C(=O)CC12CC3CC(CC(Br)(C3)C1)C2. The van der Waals surface area contributed by atoms with Crippen LogP contribution in [0.5, 0.6) is 0 Å². The number of nitrogens with zero attached hydrogens (tertiary/aromatic N) is 1. The summed E-state index contributed by atoms with van der Waals surface area (Å²) in [5.41, 5.74) is 0.328. The topological polar surface area (TPSA) is 20.3 Å². The maximum atomic E-state index is 12.0. The van der Waals surface area contributed by atoms with Gasteiger partial charge in [-0.25, -0.2) is 0 Å². The molecule has 4 rings (SSSR count). The standard InChI is InChI=1S/C14H22BrNO/c1-16(2)12(17)8-13-4-10-3-11(5-13)7-14(15,6-10)9-13/h10-11H,3-9H2,1-2H3. The van der Waals surface area contributed by atoms with Crippen LogP contribution in [0, 0.1) is 17.3 Å². The Morgan fingerprint density at radius 1 is 1.24 bits per heavy atom. The number of amides is 1. The van der Waals surface area contributed by atoms with Crippen LogP contribution in [0.1, 0.15) is 44.9 Å². The summed E-state index contributed by atoms with van der Waals surface area (Å²) in [5.74, 6) is 2.08. The van der Waals surface area contributed by atoms with E-state index in [1.165, 1.54) is 38.5 Å². The van der Waals surface area contributed by atoms with E-state index in [-0.39, 0.29) is 0 Å². The molecule has 17 heavy (non-hydrogen) atoms. The van der Waals surface area contributed by atoms with Gasteiger partial charge in [-0.05, 0) is 55.8 Å². The van der Waals surface area contributed by atoms with Crippen LogP contribution in [0.3, 0.4) is 0 Å². The Kier molecular flexibility index (Phi) is 2.63. The number of carbonyl (C=O) groups excluding carboxylic acids is 1. The Morgan fingerprint density at radius 3 is 2.29 bits per heavy atom. The monoisotopic (exact) mass is 299 g/mol. The van der Waals surface area contributed by atoms with E-state index in [2.05, 4.69) is 15.9 Å². The fourth-order valence-electron chi connectivity index (χ4n) is 5.02. The molecule has 96 valence electrons. The molecule has 4 saturated carbocycles. The third-order valence-corrected chi connectivity index (χ3v) is 6.06. The Bertz CT molecular complexity index is 338. The van der Waals surface area contributed by atoms with E-state index < -0.39 is 0 Å². The highest BCUT2D eigenvalue weighted by Crippen LogP contribution is 2.65. The van der Waals surface area contributed by atoms with Crippen molar-refractivity contribution >= 4 is 21.8 Å². The molecule has 0 radical (unpaired) electrons. The van der Waals surface area contributed by atoms with Crippen molar-refractivity contribution in [2.24, 2.45) is 17.3 Å². The van der Waals surface area contributed by atoms with Gasteiger partial charge in [-0.3, -0.25) is 4.79 Å². The van der Waals surface area contributed by atoms with Gasteiger partial charge in [0.25, 0.3) is 0 Å². The number of hydrogen-bond donors (Lipinski definition) is 0. The van der Waals surface area contributed by atoms with Gasteiger partial charge >= 0.3 is 0 Å². The summed E-state index contributed by atoms with van der Waals surface area (Å²) in [5, 5.41) is 0. The molecular formula is C14H22BrNO. The summed E-state index contributed by atoms with van der Waals surface area (Å²) >= 11 is 3.99. The van der Waals surface area contributed by atoms with E-state index in [0.717, 1.165) is 18.3 Å². The molecule has 0 aliphatic heterocycles. The molecule has 0 aromatic carbocycles. The predicted octanol–water partition coefficient (Wildman–Crippen LogP) is 3.20. The first-order valence-corrected chi connectivity index (χ1v) is 7.58. The summed E-state index contributed by atoms with van der Waals surface area (Å²) < 4.78 is 0.379. The molecule has 4 fully saturated rings. The van der Waals surface area contributed by atoms with Crippen LogP contribution >= 0.6 is 15.9 Å². The van der Waals surface area contributed by atoms with Crippen molar-refractivity contribution in [3.05, 3.63) is 0 Å². The second-order valence-electron chi connectivity index (χ2n) is 7.08. The second kappa shape index (κ2) is 3.72. The van der Waals surface area contributed by atoms with E-state index in [1.807, 2.05) is 14.1 Å². The minimum absolute atomic E-state index is 0.322. The van der Waals surface area contributed by atoms with Gasteiger partial charge in [-0.2, -0.15) is 0 Å². The molecule has 3 heteroatoms. The lowest BCUT2D eigenvalue weighted by atomic mass is 9.48. The van der Waals surface area contributed by atoms with Gasteiger partial charge < -0.3 is 4.90 Å². The number of hydrogen-bond acceptors (Lipinski definition) is 1. The Hall–Kier alpha value is -0.0500. The summed E-state index contributed by atoms with van der Waals surface area (Å²) in [6.07, 6.45) is 8.73. The fraction of sp³-hybridized carbons (Fsp3) is 0.929.